The standard InChI is InChI=1S/C16H16N2O7S2/c1-10(19)18-14-7-5-12(16(9-14)27(23,24)25)3-2-11-4-6-13(17)8-15(11)26(20,21)22/h2-9H,17H2,1H3,(H,18,19)(H,20,21,22)(H,23,24,25)/b3-2-. The van der Waals surface area contributed by atoms with Crippen LogP contribution in [0.5, 0.6) is 0 Å². The van der Waals surface area contributed by atoms with Gasteiger partial charge in [0.25, 0.3) is 20.2 Å². The number of nitrogen functional groups attached to an aromatic ring is 1. The minimum Gasteiger partial charge on any atom is -0.399 e. The fraction of sp³-hybridized carbons (Fsp3) is 0.0625. The molecule has 0 spiro atoms. The average molecular weight is 412 g/mol. The Bertz CT molecular complexity index is 1140. The number of carbonyl (C=O) groups excluding carboxylic acids is 1. The molecule has 0 unspecified atom stereocenters. The van der Waals surface area contributed by atoms with Crippen LogP contribution in [0.2, 0.25) is 0 Å². The van der Waals surface area contributed by atoms with Gasteiger partial charge in [-0.15, -0.1) is 0 Å². The number of amides is 1. The first-order valence-electron chi connectivity index (χ1n) is 7.32. The number of anilines is 2. The fourth-order valence-electron chi connectivity index (χ4n) is 2.27. The van der Waals surface area contributed by atoms with Crippen LogP contribution in [0.3, 0.4) is 0 Å². The van der Waals surface area contributed by atoms with Gasteiger partial charge in [-0.05, 0) is 35.4 Å². The molecule has 2 aromatic carbocycles. The van der Waals surface area contributed by atoms with Crippen molar-refractivity contribution in [1.29, 1.82) is 0 Å². The summed E-state index contributed by atoms with van der Waals surface area (Å²) in [5.41, 5.74) is 5.87. The van der Waals surface area contributed by atoms with Crippen LogP contribution in [0.1, 0.15) is 18.1 Å². The molecular weight excluding hydrogens is 396 g/mol. The first kappa shape index (κ1) is 20.6. The molecule has 0 aromatic heterocycles. The van der Waals surface area contributed by atoms with Crippen LogP contribution >= 0.6 is 0 Å². The third-order valence-corrected chi connectivity index (χ3v) is 5.19. The van der Waals surface area contributed by atoms with E-state index in [4.69, 9.17) is 5.73 Å². The Morgan fingerprint density at radius 2 is 1.41 bits per heavy atom. The summed E-state index contributed by atoms with van der Waals surface area (Å²) in [6.45, 7) is 1.24. The largest absolute Gasteiger partial charge is 0.399 e. The molecular formula is C16H16N2O7S2. The molecule has 0 atom stereocenters. The van der Waals surface area contributed by atoms with Gasteiger partial charge in [-0.3, -0.25) is 13.9 Å². The lowest BCUT2D eigenvalue weighted by Crippen LogP contribution is -2.08. The second-order valence-corrected chi connectivity index (χ2v) is 8.29. The number of benzene rings is 2. The highest BCUT2D eigenvalue weighted by atomic mass is 32.2. The number of nitrogens with two attached hydrogens (primary N) is 1. The van der Waals surface area contributed by atoms with Crippen LogP contribution < -0.4 is 11.1 Å². The van der Waals surface area contributed by atoms with Crippen molar-refractivity contribution in [1.82, 2.24) is 0 Å². The van der Waals surface area contributed by atoms with Crippen LogP contribution in [0, 0.1) is 0 Å². The van der Waals surface area contributed by atoms with Gasteiger partial charge in [-0.25, -0.2) is 0 Å². The lowest BCUT2D eigenvalue weighted by atomic mass is 10.1. The first-order valence-corrected chi connectivity index (χ1v) is 10.2. The van der Waals surface area contributed by atoms with E-state index in [1.54, 1.807) is 0 Å². The fourth-order valence-corrected chi connectivity index (χ4v) is 3.70. The Morgan fingerprint density at radius 1 is 0.926 bits per heavy atom. The molecule has 2 rings (SSSR count). The lowest BCUT2D eigenvalue weighted by Gasteiger charge is -2.08. The summed E-state index contributed by atoms with van der Waals surface area (Å²) in [7, 11) is -9.20. The van der Waals surface area contributed by atoms with Gasteiger partial charge in [0.05, 0.1) is 0 Å². The van der Waals surface area contributed by atoms with Gasteiger partial charge in [0.1, 0.15) is 9.79 Å². The predicted octanol–water partition coefficient (Wildman–Crippen LogP) is 1.89. The maximum atomic E-state index is 11.6. The van der Waals surface area contributed by atoms with Gasteiger partial charge in [-0.1, -0.05) is 24.3 Å². The van der Waals surface area contributed by atoms with Crippen molar-refractivity contribution >= 4 is 49.7 Å². The summed E-state index contributed by atoms with van der Waals surface area (Å²) in [6, 6.07) is 7.56. The molecule has 0 fully saturated rings. The molecule has 0 aliphatic carbocycles. The highest BCUT2D eigenvalue weighted by Crippen LogP contribution is 2.25. The van der Waals surface area contributed by atoms with Crippen LogP contribution in [0.4, 0.5) is 11.4 Å². The van der Waals surface area contributed by atoms with Crippen molar-refractivity contribution in [3.63, 3.8) is 0 Å². The summed E-state index contributed by atoms with van der Waals surface area (Å²) in [6.07, 6.45) is 2.48. The third-order valence-electron chi connectivity index (χ3n) is 3.37. The Balaban J connectivity index is 2.57. The summed E-state index contributed by atoms with van der Waals surface area (Å²) < 4.78 is 64.9. The lowest BCUT2D eigenvalue weighted by molar-refractivity contribution is -0.114. The monoisotopic (exact) mass is 412 g/mol. The Hall–Kier alpha value is -2.73. The minimum atomic E-state index is -4.63. The minimum absolute atomic E-state index is 0.0321. The van der Waals surface area contributed by atoms with Crippen molar-refractivity contribution in [2.75, 3.05) is 11.1 Å². The van der Waals surface area contributed by atoms with E-state index in [1.165, 1.54) is 43.3 Å². The van der Waals surface area contributed by atoms with Crippen molar-refractivity contribution in [3.05, 3.63) is 47.5 Å². The number of rotatable bonds is 5. The SMILES string of the molecule is CC(=O)Nc1ccc(/C=C\c2ccc(N)cc2S(=O)(=O)O)c(S(=O)(=O)O)c1. The average Bonchev–Trinajstić information content (AvgIpc) is 2.52. The Labute approximate surface area is 156 Å². The van der Waals surface area contributed by atoms with E-state index in [2.05, 4.69) is 5.32 Å². The molecule has 5 N–H and O–H groups in total. The van der Waals surface area contributed by atoms with Crippen LogP contribution in [-0.2, 0) is 25.0 Å². The number of hydrogen-bond acceptors (Lipinski definition) is 6. The summed E-state index contributed by atoms with van der Waals surface area (Å²) >= 11 is 0. The van der Waals surface area contributed by atoms with E-state index in [1.807, 2.05) is 0 Å². The van der Waals surface area contributed by atoms with Gasteiger partial charge in [0.15, 0.2) is 0 Å². The molecule has 0 heterocycles. The first-order chi connectivity index (χ1) is 12.4. The van der Waals surface area contributed by atoms with Crippen molar-refractivity contribution in [2.45, 2.75) is 16.7 Å². The predicted molar refractivity (Wildman–Crippen MR) is 100 cm³/mol. The quantitative estimate of drug-likeness (QED) is 0.328. The molecule has 1 amide bonds. The van der Waals surface area contributed by atoms with Crippen molar-refractivity contribution in [3.8, 4) is 0 Å². The van der Waals surface area contributed by atoms with E-state index >= 15 is 0 Å². The molecule has 0 saturated carbocycles. The molecule has 9 nitrogen and oxygen atoms in total. The number of carbonyl (C=O) groups is 1. The smallest absolute Gasteiger partial charge is 0.295 e. The van der Waals surface area contributed by atoms with Gasteiger partial charge in [-0.2, -0.15) is 16.8 Å². The highest BCUT2D eigenvalue weighted by Gasteiger charge is 2.17. The molecule has 0 aliphatic rings. The molecule has 0 saturated heterocycles. The van der Waals surface area contributed by atoms with Crippen molar-refractivity contribution in [2.24, 2.45) is 0 Å². The molecule has 27 heavy (non-hydrogen) atoms. The summed E-state index contributed by atoms with van der Waals surface area (Å²) in [4.78, 5) is 10.2. The molecule has 0 radical (unpaired) electrons. The van der Waals surface area contributed by atoms with E-state index in [0.29, 0.717) is 0 Å². The van der Waals surface area contributed by atoms with Gasteiger partial charge in [0, 0.05) is 18.3 Å². The second kappa shape index (κ2) is 7.48. The topological polar surface area (TPSA) is 164 Å². The zero-order valence-electron chi connectivity index (χ0n) is 13.9. The molecule has 0 bridgehead atoms. The number of nitrogens with one attached hydrogen (secondary N) is 1. The second-order valence-electron chi connectivity index (χ2n) is 5.51. The summed E-state index contributed by atoms with van der Waals surface area (Å²) in [5, 5.41) is 2.39. The van der Waals surface area contributed by atoms with E-state index in [-0.39, 0.29) is 22.5 Å². The molecule has 0 aliphatic heterocycles. The molecule has 144 valence electrons. The van der Waals surface area contributed by atoms with Gasteiger partial charge >= 0.3 is 0 Å². The number of hydrogen-bond donors (Lipinski definition) is 4. The van der Waals surface area contributed by atoms with Crippen LogP contribution in [0.15, 0.2) is 46.2 Å². The maximum absolute atomic E-state index is 11.6. The normalized spacial score (nSPS) is 12.3. The van der Waals surface area contributed by atoms with Gasteiger partial charge in [0.2, 0.25) is 5.91 Å². The highest BCUT2D eigenvalue weighted by molar-refractivity contribution is 7.86. The zero-order valence-corrected chi connectivity index (χ0v) is 15.6. The van der Waals surface area contributed by atoms with Crippen molar-refractivity contribution < 1.29 is 30.7 Å². The maximum Gasteiger partial charge on any atom is 0.295 e. The Kier molecular flexibility index (Phi) is 5.70. The third kappa shape index (κ3) is 5.37. The van der Waals surface area contributed by atoms with Crippen LogP contribution in [0.25, 0.3) is 12.2 Å². The Morgan fingerprint density at radius 3 is 1.89 bits per heavy atom. The van der Waals surface area contributed by atoms with E-state index < -0.39 is 35.9 Å². The zero-order chi connectivity index (χ0) is 20.4. The van der Waals surface area contributed by atoms with E-state index in [9.17, 15) is 30.7 Å². The molecule has 11 heteroatoms. The van der Waals surface area contributed by atoms with E-state index in [0.717, 1.165) is 12.1 Å². The molecule has 2 aromatic rings. The summed E-state index contributed by atoms with van der Waals surface area (Å²) in [5.74, 6) is -0.431. The van der Waals surface area contributed by atoms with Gasteiger partial charge < -0.3 is 11.1 Å². The van der Waals surface area contributed by atoms with Crippen LogP contribution in [-0.4, -0.2) is 31.8 Å².